The second kappa shape index (κ2) is 12.5. The zero-order valence-corrected chi connectivity index (χ0v) is 22.4. The van der Waals surface area contributed by atoms with Crippen LogP contribution in [0.15, 0.2) is 18.2 Å². The predicted octanol–water partition coefficient (Wildman–Crippen LogP) is 11.0. The number of halogens is 4. The summed E-state index contributed by atoms with van der Waals surface area (Å²) in [5.74, 6) is 3.11. The molecule has 202 valence electrons. The van der Waals surface area contributed by atoms with E-state index in [4.69, 9.17) is 0 Å². The van der Waals surface area contributed by atoms with Crippen LogP contribution in [0.3, 0.4) is 0 Å². The first-order chi connectivity index (χ1) is 17.3. The minimum atomic E-state index is -4.68. The predicted molar refractivity (Wildman–Crippen MR) is 141 cm³/mol. The van der Waals surface area contributed by atoms with Gasteiger partial charge in [0.2, 0.25) is 0 Å². The summed E-state index contributed by atoms with van der Waals surface area (Å²) in [5.41, 5.74) is -0.874. The number of hydrogen-bond donors (Lipinski definition) is 0. The number of alkyl halides is 3. The van der Waals surface area contributed by atoms with Crippen molar-refractivity contribution in [2.45, 2.75) is 122 Å². The molecule has 0 heterocycles. The van der Waals surface area contributed by atoms with Crippen LogP contribution >= 0.6 is 0 Å². The first-order valence-electron chi connectivity index (χ1n) is 14.9. The van der Waals surface area contributed by atoms with Crippen LogP contribution in [0.1, 0.15) is 133 Å². The summed E-state index contributed by atoms with van der Waals surface area (Å²) >= 11 is 0. The van der Waals surface area contributed by atoms with Gasteiger partial charge in [-0.05, 0) is 117 Å². The van der Waals surface area contributed by atoms with Gasteiger partial charge in [-0.25, -0.2) is 4.39 Å². The van der Waals surface area contributed by atoms with E-state index < -0.39 is 17.6 Å². The number of hydrogen-bond acceptors (Lipinski definition) is 0. The third-order valence-corrected chi connectivity index (χ3v) is 9.97. The number of benzene rings is 1. The highest BCUT2D eigenvalue weighted by atomic mass is 19.4. The summed E-state index contributed by atoms with van der Waals surface area (Å²) in [7, 11) is 0. The van der Waals surface area contributed by atoms with E-state index in [1.807, 2.05) is 6.92 Å². The maximum atomic E-state index is 15.2. The van der Waals surface area contributed by atoms with E-state index in [9.17, 15) is 13.2 Å². The van der Waals surface area contributed by atoms with E-state index in [1.54, 1.807) is 12.1 Å². The molecule has 1 aromatic rings. The Bertz CT molecular complexity index is 846. The van der Waals surface area contributed by atoms with Gasteiger partial charge in [0.1, 0.15) is 5.82 Å². The van der Waals surface area contributed by atoms with Gasteiger partial charge in [0.05, 0.1) is 5.56 Å². The first kappa shape index (κ1) is 27.7. The molecule has 0 aromatic heterocycles. The highest BCUT2D eigenvalue weighted by molar-refractivity contribution is 5.56. The van der Waals surface area contributed by atoms with Crippen molar-refractivity contribution in [2.75, 3.05) is 0 Å². The van der Waals surface area contributed by atoms with E-state index in [0.717, 1.165) is 49.4 Å². The molecule has 0 nitrogen and oxygen atoms in total. The van der Waals surface area contributed by atoms with Crippen LogP contribution in [0, 0.1) is 35.4 Å². The molecule has 0 spiro atoms. The SMILES string of the molecule is CC/C=C/c1ccc(C2CCC(C3CCC(C4CCC(CCC)CC4)CC3)CC2)c(F)c1C(F)(F)F. The van der Waals surface area contributed by atoms with E-state index in [2.05, 4.69) is 6.92 Å². The molecule has 0 radical (unpaired) electrons. The second-order valence-electron chi connectivity index (χ2n) is 12.1. The quantitative estimate of drug-likeness (QED) is 0.323. The van der Waals surface area contributed by atoms with Crippen molar-refractivity contribution >= 4 is 6.08 Å². The van der Waals surface area contributed by atoms with Gasteiger partial charge >= 0.3 is 6.18 Å². The molecule has 4 rings (SSSR count). The molecule has 3 aliphatic carbocycles. The van der Waals surface area contributed by atoms with Crippen LogP contribution in [0.2, 0.25) is 0 Å². The molecular formula is C32H46F4. The van der Waals surface area contributed by atoms with Crippen molar-refractivity contribution in [1.29, 1.82) is 0 Å². The van der Waals surface area contributed by atoms with Gasteiger partial charge < -0.3 is 0 Å². The second-order valence-corrected chi connectivity index (χ2v) is 12.1. The normalized spacial score (nSPS) is 32.2. The third-order valence-electron chi connectivity index (χ3n) is 9.97. The molecule has 3 aliphatic rings. The van der Waals surface area contributed by atoms with Crippen molar-refractivity contribution in [3.05, 3.63) is 40.7 Å². The molecule has 1 aromatic carbocycles. The monoisotopic (exact) mass is 506 g/mol. The molecule has 0 amide bonds. The molecular weight excluding hydrogens is 460 g/mol. The molecule has 0 atom stereocenters. The topological polar surface area (TPSA) is 0 Å². The summed E-state index contributed by atoms with van der Waals surface area (Å²) in [6.45, 7) is 4.16. The Morgan fingerprint density at radius 1 is 0.750 bits per heavy atom. The molecule has 3 saturated carbocycles. The van der Waals surface area contributed by atoms with E-state index in [-0.39, 0.29) is 17.0 Å². The number of rotatable bonds is 7. The molecule has 3 fully saturated rings. The average molecular weight is 507 g/mol. The third kappa shape index (κ3) is 6.57. The fraction of sp³-hybridized carbons (Fsp3) is 0.750. The summed E-state index contributed by atoms with van der Waals surface area (Å²) in [6.07, 6.45) is 16.5. The van der Waals surface area contributed by atoms with Crippen LogP contribution in [-0.4, -0.2) is 0 Å². The summed E-state index contributed by atoms with van der Waals surface area (Å²) in [5, 5.41) is 0. The largest absolute Gasteiger partial charge is 0.419 e. The standard InChI is InChI=1S/C32H46F4/c1-3-5-7-28-20-21-29(31(33)30(28)32(34,35)36)27-18-16-26(17-19-27)25-14-12-24(13-15-25)23-10-8-22(6-4-2)9-11-23/h5,7,20-27H,3-4,6,8-19H2,1-2H3/b7-5+. The summed E-state index contributed by atoms with van der Waals surface area (Å²) in [6, 6.07) is 3.09. The lowest BCUT2D eigenvalue weighted by atomic mass is 9.64. The van der Waals surface area contributed by atoms with Crippen LogP contribution in [0.5, 0.6) is 0 Å². The maximum absolute atomic E-state index is 15.2. The van der Waals surface area contributed by atoms with Crippen LogP contribution in [0.4, 0.5) is 17.6 Å². The van der Waals surface area contributed by atoms with E-state index in [0.29, 0.717) is 12.3 Å². The maximum Gasteiger partial charge on any atom is 0.419 e. The first-order valence-corrected chi connectivity index (χ1v) is 14.9. The van der Waals surface area contributed by atoms with Gasteiger partial charge in [0.15, 0.2) is 0 Å². The van der Waals surface area contributed by atoms with Crippen molar-refractivity contribution in [3.8, 4) is 0 Å². The summed E-state index contributed by atoms with van der Waals surface area (Å²) in [4.78, 5) is 0. The molecule has 0 aliphatic heterocycles. The van der Waals surface area contributed by atoms with Gasteiger partial charge in [0.25, 0.3) is 0 Å². The Morgan fingerprint density at radius 3 is 1.72 bits per heavy atom. The fourth-order valence-corrected chi connectivity index (χ4v) is 7.94. The van der Waals surface area contributed by atoms with Crippen molar-refractivity contribution in [1.82, 2.24) is 0 Å². The highest BCUT2D eigenvalue weighted by Crippen LogP contribution is 2.48. The minimum absolute atomic E-state index is 0.0603. The molecule has 0 bridgehead atoms. The van der Waals surface area contributed by atoms with Gasteiger partial charge in [-0.15, -0.1) is 0 Å². The Morgan fingerprint density at radius 2 is 1.25 bits per heavy atom. The smallest absolute Gasteiger partial charge is 0.206 e. The number of allylic oxidation sites excluding steroid dienone is 1. The summed E-state index contributed by atoms with van der Waals surface area (Å²) < 4.78 is 56.4. The van der Waals surface area contributed by atoms with Crippen LogP contribution in [0.25, 0.3) is 6.08 Å². The van der Waals surface area contributed by atoms with E-state index >= 15 is 4.39 Å². The van der Waals surface area contributed by atoms with E-state index in [1.165, 1.54) is 76.4 Å². The Kier molecular flexibility index (Phi) is 9.61. The fourth-order valence-electron chi connectivity index (χ4n) is 7.94. The molecule has 0 N–H and O–H groups in total. The van der Waals surface area contributed by atoms with Crippen LogP contribution in [-0.2, 0) is 6.18 Å². The van der Waals surface area contributed by atoms with Gasteiger partial charge in [-0.1, -0.05) is 63.8 Å². The van der Waals surface area contributed by atoms with Crippen LogP contribution < -0.4 is 0 Å². The lowest BCUT2D eigenvalue weighted by molar-refractivity contribution is -0.140. The van der Waals surface area contributed by atoms with Crippen molar-refractivity contribution in [3.63, 3.8) is 0 Å². The van der Waals surface area contributed by atoms with Gasteiger partial charge in [0, 0.05) is 0 Å². The van der Waals surface area contributed by atoms with Gasteiger partial charge in [-0.2, -0.15) is 13.2 Å². The zero-order chi connectivity index (χ0) is 25.7. The molecule has 0 unspecified atom stereocenters. The highest BCUT2D eigenvalue weighted by Gasteiger charge is 2.39. The molecule has 4 heteroatoms. The molecule has 36 heavy (non-hydrogen) atoms. The Hall–Kier alpha value is -1.32. The Balaban J connectivity index is 1.31. The van der Waals surface area contributed by atoms with Crippen molar-refractivity contribution < 1.29 is 17.6 Å². The Labute approximate surface area is 216 Å². The molecule has 0 saturated heterocycles. The zero-order valence-electron chi connectivity index (χ0n) is 22.4. The average Bonchev–Trinajstić information content (AvgIpc) is 2.88. The lowest BCUT2D eigenvalue weighted by Gasteiger charge is -2.41. The van der Waals surface area contributed by atoms with Gasteiger partial charge in [-0.3, -0.25) is 0 Å². The lowest BCUT2D eigenvalue weighted by Crippen LogP contribution is -2.29. The minimum Gasteiger partial charge on any atom is -0.206 e. The van der Waals surface area contributed by atoms with Crippen molar-refractivity contribution in [2.24, 2.45) is 29.6 Å².